The summed E-state index contributed by atoms with van der Waals surface area (Å²) in [5.74, 6) is -0.126. The van der Waals surface area contributed by atoms with E-state index < -0.39 is 0 Å². The average Bonchev–Trinajstić information content (AvgIpc) is 3.16. The fourth-order valence-electron chi connectivity index (χ4n) is 2.68. The van der Waals surface area contributed by atoms with Gasteiger partial charge in [-0.15, -0.1) is 0 Å². The summed E-state index contributed by atoms with van der Waals surface area (Å²) < 4.78 is 1.59. The molecule has 0 radical (unpaired) electrons. The summed E-state index contributed by atoms with van der Waals surface area (Å²) in [4.78, 5) is 18.5. The summed E-state index contributed by atoms with van der Waals surface area (Å²) in [6.45, 7) is 2.32. The van der Waals surface area contributed by atoms with Crippen LogP contribution in [0.5, 0.6) is 0 Å². The van der Waals surface area contributed by atoms with Gasteiger partial charge in [0.1, 0.15) is 12.7 Å². The number of anilines is 1. The number of hydrogen-bond donors (Lipinski definition) is 1. The molecule has 0 aliphatic heterocycles. The van der Waals surface area contributed by atoms with Crippen LogP contribution < -0.4 is 5.32 Å². The topological polar surface area (TPSA) is 63.1 Å². The summed E-state index contributed by atoms with van der Waals surface area (Å²) in [7, 11) is 1.92. The first kappa shape index (κ1) is 18.1. The summed E-state index contributed by atoms with van der Waals surface area (Å²) in [5, 5.41) is 7.57. The molecule has 6 nitrogen and oxygen atoms in total. The molecule has 134 valence electrons. The van der Waals surface area contributed by atoms with Gasteiger partial charge in [0.05, 0.1) is 17.9 Å². The van der Waals surface area contributed by atoms with Gasteiger partial charge in [0.2, 0.25) is 5.91 Å². The van der Waals surface area contributed by atoms with Crippen molar-refractivity contribution < 1.29 is 4.79 Å². The third-order valence-electron chi connectivity index (χ3n) is 4.23. The second-order valence-corrected chi connectivity index (χ2v) is 6.49. The van der Waals surface area contributed by atoms with Crippen LogP contribution in [0.25, 0.3) is 5.69 Å². The minimum atomic E-state index is -0.126. The lowest BCUT2D eigenvalue weighted by Gasteiger charge is -2.24. The molecule has 0 fully saturated rings. The Hall–Kier alpha value is -2.70. The molecule has 0 aliphatic rings. The minimum Gasteiger partial charge on any atom is -0.323 e. The zero-order valence-corrected chi connectivity index (χ0v) is 15.4. The van der Waals surface area contributed by atoms with Gasteiger partial charge in [0.25, 0.3) is 0 Å². The molecule has 0 bridgehead atoms. The standard InChI is InChI=1S/C19H20ClN5O/c1-14(15-6-4-3-5-7-15)24(2)11-19(26)23-17-10-16(20)8-9-18(17)25-13-21-12-22-25/h3-10,12-14H,11H2,1-2H3,(H,23,26)/t14-/m0/s1. The number of aromatic nitrogens is 3. The highest BCUT2D eigenvalue weighted by Gasteiger charge is 2.16. The fourth-order valence-corrected chi connectivity index (χ4v) is 2.85. The Bertz CT molecular complexity index is 867. The zero-order chi connectivity index (χ0) is 18.5. The highest BCUT2D eigenvalue weighted by atomic mass is 35.5. The Balaban J connectivity index is 1.71. The van der Waals surface area contributed by atoms with E-state index in [1.54, 1.807) is 29.2 Å². The predicted octanol–water partition coefficient (Wildman–Crippen LogP) is 3.55. The Morgan fingerprint density at radius 1 is 1.27 bits per heavy atom. The van der Waals surface area contributed by atoms with E-state index >= 15 is 0 Å². The van der Waals surface area contributed by atoms with Gasteiger partial charge in [0.15, 0.2) is 0 Å². The van der Waals surface area contributed by atoms with Crippen LogP contribution in [-0.4, -0.2) is 39.2 Å². The molecule has 26 heavy (non-hydrogen) atoms. The first-order valence-electron chi connectivity index (χ1n) is 8.24. The van der Waals surface area contributed by atoms with Gasteiger partial charge in [-0.05, 0) is 37.7 Å². The minimum absolute atomic E-state index is 0.121. The molecule has 0 unspecified atom stereocenters. The third-order valence-corrected chi connectivity index (χ3v) is 4.47. The number of hydrogen-bond acceptors (Lipinski definition) is 4. The molecule has 3 rings (SSSR count). The Morgan fingerprint density at radius 2 is 2.04 bits per heavy atom. The number of likely N-dealkylation sites (N-methyl/N-ethyl adjacent to an activating group) is 1. The summed E-state index contributed by atoms with van der Waals surface area (Å²) >= 11 is 6.09. The van der Waals surface area contributed by atoms with E-state index in [-0.39, 0.29) is 18.5 Å². The largest absolute Gasteiger partial charge is 0.323 e. The molecule has 0 saturated heterocycles. The number of benzene rings is 2. The van der Waals surface area contributed by atoms with Crippen molar-refractivity contribution in [3.8, 4) is 5.69 Å². The van der Waals surface area contributed by atoms with Crippen LogP contribution in [0.3, 0.4) is 0 Å². The summed E-state index contributed by atoms with van der Waals surface area (Å²) in [6, 6.07) is 15.5. The second kappa shape index (κ2) is 8.12. The monoisotopic (exact) mass is 369 g/mol. The first-order valence-corrected chi connectivity index (χ1v) is 8.62. The van der Waals surface area contributed by atoms with Crippen LogP contribution in [0.2, 0.25) is 5.02 Å². The van der Waals surface area contributed by atoms with Crippen LogP contribution in [0.1, 0.15) is 18.5 Å². The number of amides is 1. The van der Waals surface area contributed by atoms with Crippen LogP contribution in [0, 0.1) is 0 Å². The molecule has 0 aliphatic carbocycles. The number of rotatable bonds is 6. The molecule has 0 saturated carbocycles. The van der Waals surface area contributed by atoms with Crippen molar-refractivity contribution in [2.75, 3.05) is 18.9 Å². The van der Waals surface area contributed by atoms with E-state index in [9.17, 15) is 4.79 Å². The van der Waals surface area contributed by atoms with Crippen molar-refractivity contribution in [3.05, 3.63) is 71.8 Å². The molecular formula is C19H20ClN5O. The molecule has 1 heterocycles. The highest BCUT2D eigenvalue weighted by Crippen LogP contribution is 2.24. The lowest BCUT2D eigenvalue weighted by atomic mass is 10.1. The van der Waals surface area contributed by atoms with Gasteiger partial charge in [0, 0.05) is 11.1 Å². The average molecular weight is 370 g/mol. The maximum Gasteiger partial charge on any atom is 0.238 e. The van der Waals surface area contributed by atoms with E-state index in [1.807, 2.05) is 30.1 Å². The lowest BCUT2D eigenvalue weighted by molar-refractivity contribution is -0.117. The van der Waals surface area contributed by atoms with Gasteiger partial charge < -0.3 is 5.32 Å². The van der Waals surface area contributed by atoms with Gasteiger partial charge in [-0.3, -0.25) is 9.69 Å². The van der Waals surface area contributed by atoms with Crippen LogP contribution >= 0.6 is 11.6 Å². The number of nitrogens with zero attached hydrogens (tertiary/aromatic N) is 4. The molecule has 2 aromatic carbocycles. The van der Waals surface area contributed by atoms with Crippen molar-refractivity contribution >= 4 is 23.2 Å². The van der Waals surface area contributed by atoms with Crippen LogP contribution in [0.4, 0.5) is 5.69 Å². The van der Waals surface area contributed by atoms with Crippen LogP contribution in [0.15, 0.2) is 61.2 Å². The van der Waals surface area contributed by atoms with Crippen molar-refractivity contribution in [1.82, 2.24) is 19.7 Å². The van der Waals surface area contributed by atoms with Gasteiger partial charge >= 0.3 is 0 Å². The van der Waals surface area contributed by atoms with Gasteiger partial charge in [-0.25, -0.2) is 9.67 Å². The fraction of sp³-hybridized carbons (Fsp3) is 0.211. The van der Waals surface area contributed by atoms with Crippen molar-refractivity contribution in [2.45, 2.75) is 13.0 Å². The summed E-state index contributed by atoms with van der Waals surface area (Å²) in [5.41, 5.74) is 2.46. The van der Waals surface area contributed by atoms with Crippen molar-refractivity contribution in [2.24, 2.45) is 0 Å². The Labute approximate surface area is 157 Å². The maximum absolute atomic E-state index is 12.6. The summed E-state index contributed by atoms with van der Waals surface area (Å²) in [6.07, 6.45) is 3.01. The molecule has 1 aromatic heterocycles. The van der Waals surface area contributed by atoms with E-state index in [0.29, 0.717) is 16.4 Å². The van der Waals surface area contributed by atoms with Crippen molar-refractivity contribution in [3.63, 3.8) is 0 Å². The van der Waals surface area contributed by atoms with E-state index in [0.717, 1.165) is 5.56 Å². The van der Waals surface area contributed by atoms with Gasteiger partial charge in [-0.2, -0.15) is 5.10 Å². The molecule has 7 heteroatoms. The maximum atomic E-state index is 12.6. The Kier molecular flexibility index (Phi) is 5.65. The predicted molar refractivity (Wildman–Crippen MR) is 102 cm³/mol. The van der Waals surface area contributed by atoms with E-state index in [4.69, 9.17) is 11.6 Å². The van der Waals surface area contributed by atoms with Crippen LogP contribution in [-0.2, 0) is 4.79 Å². The smallest absolute Gasteiger partial charge is 0.238 e. The molecule has 0 spiro atoms. The molecule has 1 N–H and O–H groups in total. The molecule has 3 aromatic rings. The van der Waals surface area contributed by atoms with E-state index in [1.165, 1.54) is 6.33 Å². The third kappa shape index (κ3) is 4.28. The molecule has 1 amide bonds. The lowest BCUT2D eigenvalue weighted by Crippen LogP contribution is -2.32. The highest BCUT2D eigenvalue weighted by molar-refractivity contribution is 6.31. The molecule has 1 atom stereocenters. The normalized spacial score (nSPS) is 12.2. The quantitative estimate of drug-likeness (QED) is 0.721. The number of carbonyl (C=O) groups excluding carboxylic acids is 1. The molecular weight excluding hydrogens is 350 g/mol. The van der Waals surface area contributed by atoms with E-state index in [2.05, 4.69) is 34.5 Å². The Morgan fingerprint density at radius 3 is 2.73 bits per heavy atom. The zero-order valence-electron chi connectivity index (χ0n) is 14.6. The van der Waals surface area contributed by atoms with Gasteiger partial charge in [-0.1, -0.05) is 41.9 Å². The number of halogens is 1. The number of nitrogens with one attached hydrogen (secondary N) is 1. The van der Waals surface area contributed by atoms with Crippen molar-refractivity contribution in [1.29, 1.82) is 0 Å². The first-order chi connectivity index (χ1) is 12.5. The SMILES string of the molecule is C[C@@H](c1ccccc1)N(C)CC(=O)Nc1cc(Cl)ccc1-n1cncn1. The number of carbonyl (C=O) groups is 1. The second-order valence-electron chi connectivity index (χ2n) is 6.05.